The van der Waals surface area contributed by atoms with Gasteiger partial charge in [0.05, 0.1) is 12.5 Å². The summed E-state index contributed by atoms with van der Waals surface area (Å²) in [6.07, 6.45) is 5.64. The predicted molar refractivity (Wildman–Crippen MR) is 51.7 cm³/mol. The van der Waals surface area contributed by atoms with Crippen LogP contribution in [0.1, 0.15) is 32.1 Å². The maximum absolute atomic E-state index is 11.8. The number of piperidine rings is 2. The fourth-order valence-electron chi connectivity index (χ4n) is 4.03. The van der Waals surface area contributed by atoms with Crippen LogP contribution in [0.3, 0.4) is 0 Å². The van der Waals surface area contributed by atoms with E-state index in [1.165, 1.54) is 20.0 Å². The van der Waals surface area contributed by atoms with E-state index >= 15 is 0 Å². The quantitative estimate of drug-likeness (QED) is 0.636. The molecule has 4 fully saturated rings. The highest BCUT2D eigenvalue weighted by molar-refractivity contribution is 5.77. The highest BCUT2D eigenvalue weighted by atomic mass is 16.5. The van der Waals surface area contributed by atoms with Gasteiger partial charge >= 0.3 is 5.97 Å². The molecule has 3 heteroatoms. The standard InChI is InChI=1S/C11H17NO2/c1-14-10(13)11-4-7-2-8(5-11)12-9(3-7)6-11/h7-9,12H,2-6H2,1H3/t7?,8-,9+,11?. The lowest BCUT2D eigenvalue weighted by Gasteiger charge is -2.55. The lowest BCUT2D eigenvalue weighted by Crippen LogP contribution is -2.62. The maximum Gasteiger partial charge on any atom is 0.311 e. The van der Waals surface area contributed by atoms with Gasteiger partial charge < -0.3 is 10.1 Å². The van der Waals surface area contributed by atoms with E-state index in [1.54, 1.807) is 0 Å². The Morgan fingerprint density at radius 3 is 2.43 bits per heavy atom. The van der Waals surface area contributed by atoms with Crippen LogP contribution in [0.2, 0.25) is 0 Å². The van der Waals surface area contributed by atoms with E-state index in [-0.39, 0.29) is 11.4 Å². The zero-order valence-corrected chi connectivity index (χ0v) is 8.58. The number of nitrogens with one attached hydrogen (secondary N) is 1. The maximum atomic E-state index is 11.8. The Labute approximate surface area is 84.2 Å². The van der Waals surface area contributed by atoms with Crippen LogP contribution in [0, 0.1) is 11.3 Å². The van der Waals surface area contributed by atoms with E-state index in [1.807, 2.05) is 0 Å². The van der Waals surface area contributed by atoms with Crippen molar-refractivity contribution >= 4 is 5.97 Å². The van der Waals surface area contributed by atoms with E-state index in [9.17, 15) is 4.79 Å². The second-order valence-electron chi connectivity index (χ2n) is 5.28. The molecule has 2 heterocycles. The molecule has 3 nitrogen and oxygen atoms in total. The summed E-state index contributed by atoms with van der Waals surface area (Å²) in [7, 11) is 1.52. The molecule has 4 aliphatic rings. The van der Waals surface area contributed by atoms with E-state index in [2.05, 4.69) is 5.32 Å². The van der Waals surface area contributed by atoms with Crippen molar-refractivity contribution in [3.8, 4) is 0 Å². The second kappa shape index (κ2) is 2.72. The molecule has 0 radical (unpaired) electrons. The van der Waals surface area contributed by atoms with Gasteiger partial charge in [-0.1, -0.05) is 0 Å². The summed E-state index contributed by atoms with van der Waals surface area (Å²) in [5.74, 6) is 0.811. The average molecular weight is 195 g/mol. The number of ether oxygens (including phenoxy) is 1. The smallest absolute Gasteiger partial charge is 0.311 e. The third kappa shape index (κ3) is 1.05. The first-order valence-electron chi connectivity index (χ1n) is 5.56. The Kier molecular flexibility index (Phi) is 1.69. The van der Waals surface area contributed by atoms with Crippen LogP contribution in [0.25, 0.3) is 0 Å². The average Bonchev–Trinajstić information content (AvgIpc) is 2.14. The molecule has 14 heavy (non-hydrogen) atoms. The molecule has 0 amide bonds. The minimum absolute atomic E-state index is 0.0402. The van der Waals surface area contributed by atoms with Gasteiger partial charge in [0.2, 0.25) is 0 Å². The normalized spacial score (nSPS) is 49.4. The molecule has 4 rings (SSSR count). The van der Waals surface area contributed by atoms with Crippen LogP contribution < -0.4 is 5.32 Å². The van der Waals surface area contributed by atoms with Gasteiger partial charge in [-0.2, -0.15) is 0 Å². The van der Waals surface area contributed by atoms with Crippen LogP contribution >= 0.6 is 0 Å². The summed E-state index contributed by atoms with van der Waals surface area (Å²) < 4.78 is 4.97. The van der Waals surface area contributed by atoms with Crippen LogP contribution in [0.4, 0.5) is 0 Å². The summed E-state index contributed by atoms with van der Waals surface area (Å²) in [5, 5.41) is 3.61. The first-order valence-corrected chi connectivity index (χ1v) is 5.56. The zero-order chi connectivity index (χ0) is 9.76. The summed E-state index contributed by atoms with van der Waals surface area (Å²) >= 11 is 0. The van der Waals surface area contributed by atoms with Gasteiger partial charge in [0.1, 0.15) is 0 Å². The Hall–Kier alpha value is -0.570. The first kappa shape index (κ1) is 8.72. The summed E-state index contributed by atoms with van der Waals surface area (Å²) in [6, 6.07) is 1.17. The van der Waals surface area contributed by atoms with Crippen LogP contribution in [0.5, 0.6) is 0 Å². The molecule has 78 valence electrons. The molecule has 0 aromatic carbocycles. The van der Waals surface area contributed by atoms with Crippen LogP contribution in [0.15, 0.2) is 0 Å². The Morgan fingerprint density at radius 2 is 1.93 bits per heavy atom. The molecular formula is C11H17NO2. The minimum Gasteiger partial charge on any atom is -0.469 e. The molecule has 2 aliphatic heterocycles. The Morgan fingerprint density at radius 1 is 1.29 bits per heavy atom. The highest BCUT2D eigenvalue weighted by Crippen LogP contribution is 2.53. The minimum atomic E-state index is -0.115. The van der Waals surface area contributed by atoms with Crippen molar-refractivity contribution < 1.29 is 9.53 Å². The molecule has 0 spiro atoms. The molecule has 4 atom stereocenters. The van der Waals surface area contributed by atoms with Crippen molar-refractivity contribution in [3.63, 3.8) is 0 Å². The largest absolute Gasteiger partial charge is 0.469 e. The number of carbonyl (C=O) groups excluding carboxylic acids is 1. The Bertz CT molecular complexity index is 239. The number of rotatable bonds is 1. The lowest BCUT2D eigenvalue weighted by molar-refractivity contribution is -0.164. The van der Waals surface area contributed by atoms with Gasteiger partial charge in [0.25, 0.3) is 0 Å². The van der Waals surface area contributed by atoms with E-state index < -0.39 is 0 Å². The molecule has 2 saturated heterocycles. The van der Waals surface area contributed by atoms with Gasteiger partial charge in [-0.15, -0.1) is 0 Å². The van der Waals surface area contributed by atoms with E-state index in [0.717, 1.165) is 25.2 Å². The highest BCUT2D eigenvalue weighted by Gasteiger charge is 2.55. The summed E-state index contributed by atoms with van der Waals surface area (Å²) in [4.78, 5) is 11.8. The van der Waals surface area contributed by atoms with E-state index in [4.69, 9.17) is 4.74 Å². The number of esters is 1. The monoisotopic (exact) mass is 195 g/mol. The third-order valence-electron chi connectivity index (χ3n) is 4.28. The van der Waals surface area contributed by atoms with Crippen molar-refractivity contribution in [3.05, 3.63) is 0 Å². The fourth-order valence-corrected chi connectivity index (χ4v) is 4.03. The van der Waals surface area contributed by atoms with Gasteiger partial charge in [-0.25, -0.2) is 0 Å². The molecular weight excluding hydrogens is 178 g/mol. The molecule has 2 aliphatic carbocycles. The predicted octanol–water partition coefficient (Wildman–Crippen LogP) is 1.08. The van der Waals surface area contributed by atoms with Gasteiger partial charge in [-0.3, -0.25) is 4.79 Å². The molecule has 2 saturated carbocycles. The first-order chi connectivity index (χ1) is 6.72. The van der Waals surface area contributed by atoms with Crippen molar-refractivity contribution in [1.29, 1.82) is 0 Å². The van der Waals surface area contributed by atoms with Crippen LogP contribution in [-0.4, -0.2) is 25.2 Å². The van der Waals surface area contributed by atoms with Crippen molar-refractivity contribution in [2.75, 3.05) is 7.11 Å². The number of hydrogen-bond donors (Lipinski definition) is 1. The molecule has 1 N–H and O–H groups in total. The number of hydrogen-bond acceptors (Lipinski definition) is 3. The number of carbonyl (C=O) groups is 1. The zero-order valence-electron chi connectivity index (χ0n) is 8.58. The molecule has 0 aromatic heterocycles. The Balaban J connectivity index is 1.91. The lowest BCUT2D eigenvalue weighted by atomic mass is 9.56. The van der Waals surface area contributed by atoms with Crippen molar-refractivity contribution in [1.82, 2.24) is 5.32 Å². The summed E-state index contributed by atoms with van der Waals surface area (Å²) in [5.41, 5.74) is -0.115. The van der Waals surface area contributed by atoms with Gasteiger partial charge in [0.15, 0.2) is 0 Å². The van der Waals surface area contributed by atoms with E-state index in [0.29, 0.717) is 12.1 Å². The molecule has 0 aromatic rings. The van der Waals surface area contributed by atoms with Gasteiger partial charge in [0, 0.05) is 12.1 Å². The van der Waals surface area contributed by atoms with Crippen LogP contribution in [-0.2, 0) is 9.53 Å². The SMILES string of the molecule is COC(=O)C12CC3C[C@H](C1)N[C@@H](C3)C2. The molecule has 2 unspecified atom stereocenters. The second-order valence-corrected chi connectivity index (χ2v) is 5.28. The topological polar surface area (TPSA) is 38.3 Å². The van der Waals surface area contributed by atoms with Gasteiger partial charge in [-0.05, 0) is 38.0 Å². The van der Waals surface area contributed by atoms with Crippen molar-refractivity contribution in [2.45, 2.75) is 44.2 Å². The summed E-state index contributed by atoms with van der Waals surface area (Å²) in [6.45, 7) is 0. The van der Waals surface area contributed by atoms with Crippen molar-refractivity contribution in [2.24, 2.45) is 11.3 Å². The fraction of sp³-hybridized carbons (Fsp3) is 0.909. The molecule has 4 bridgehead atoms. The number of methoxy groups -OCH3 is 1. The third-order valence-corrected chi connectivity index (χ3v) is 4.28.